The van der Waals surface area contributed by atoms with Crippen LogP contribution in [0.1, 0.15) is 233 Å². The van der Waals surface area contributed by atoms with Crippen LogP contribution in [0.4, 0.5) is 0 Å². The average molecular weight is 759 g/mol. The van der Waals surface area contributed by atoms with Gasteiger partial charge in [0.2, 0.25) is 0 Å². The van der Waals surface area contributed by atoms with Crippen molar-refractivity contribution in [1.82, 2.24) is 0 Å². The zero-order valence-corrected chi connectivity index (χ0v) is 35.7. The molecule has 1 atom stereocenters. The summed E-state index contributed by atoms with van der Waals surface area (Å²) in [5, 5.41) is 0. The Labute approximate surface area is 334 Å². The van der Waals surface area contributed by atoms with Crippen LogP contribution in [-0.4, -0.2) is 37.2 Å². The predicted molar refractivity (Wildman–Crippen MR) is 229 cm³/mol. The molecule has 0 saturated heterocycles. The molecule has 0 aromatic carbocycles. The van der Waals surface area contributed by atoms with E-state index in [2.05, 4.69) is 57.2 Å². The highest BCUT2D eigenvalue weighted by Gasteiger charge is 2.19. The number of carbonyl (C=O) groups excluding carboxylic acids is 3. The molecule has 0 aromatic rings. The number of allylic oxidation sites excluding steroid dienone is 6. The fourth-order valence-corrected chi connectivity index (χ4v) is 6.36. The quantitative estimate of drug-likeness (QED) is 0.0267. The molecule has 6 nitrogen and oxygen atoms in total. The van der Waals surface area contributed by atoms with E-state index < -0.39 is 6.10 Å². The van der Waals surface area contributed by atoms with E-state index in [1.807, 2.05) is 0 Å². The molecule has 0 fully saturated rings. The number of hydrogen-bond acceptors (Lipinski definition) is 6. The lowest BCUT2D eigenvalue weighted by molar-refractivity contribution is -0.167. The van der Waals surface area contributed by atoms with Crippen LogP contribution in [0.25, 0.3) is 0 Å². The van der Waals surface area contributed by atoms with Crippen molar-refractivity contribution in [2.45, 2.75) is 239 Å². The smallest absolute Gasteiger partial charge is 0.306 e. The van der Waals surface area contributed by atoms with Crippen LogP contribution in [0.5, 0.6) is 0 Å². The molecule has 54 heavy (non-hydrogen) atoms. The minimum atomic E-state index is -0.779. The van der Waals surface area contributed by atoms with Crippen LogP contribution in [-0.2, 0) is 28.6 Å². The molecule has 1 unspecified atom stereocenters. The average Bonchev–Trinajstić information content (AvgIpc) is 3.17. The maximum atomic E-state index is 12.7. The van der Waals surface area contributed by atoms with Gasteiger partial charge in [-0.2, -0.15) is 0 Å². The number of rotatable bonds is 41. The van der Waals surface area contributed by atoms with Gasteiger partial charge in [0.15, 0.2) is 6.10 Å². The van der Waals surface area contributed by atoms with E-state index in [-0.39, 0.29) is 31.1 Å². The Balaban J connectivity index is 4.32. The third-order valence-corrected chi connectivity index (χ3v) is 9.87. The standard InChI is InChI=1S/C48H86O6/c1-4-7-10-13-16-19-21-22-23-24-25-26-27-30-32-35-38-41-47(50)53-44-45(43-52-46(49)40-37-34-31-28-18-15-12-9-6-3)54-48(51)42-39-36-33-29-20-17-14-11-8-5-2/h16,19,22-23,28,31,45H,4-15,17-18,20-21,24-27,29-30,32-44H2,1-3H3/b19-16-,23-22-,31-28-. The highest BCUT2D eigenvalue weighted by Crippen LogP contribution is 2.14. The summed E-state index contributed by atoms with van der Waals surface area (Å²) in [4.78, 5) is 37.6. The first kappa shape index (κ1) is 51.6. The van der Waals surface area contributed by atoms with Gasteiger partial charge in [-0.1, -0.05) is 179 Å². The zero-order valence-electron chi connectivity index (χ0n) is 35.7. The van der Waals surface area contributed by atoms with Gasteiger partial charge in [-0.3, -0.25) is 14.4 Å². The van der Waals surface area contributed by atoms with Gasteiger partial charge in [-0.15, -0.1) is 0 Å². The fourth-order valence-electron chi connectivity index (χ4n) is 6.36. The third-order valence-electron chi connectivity index (χ3n) is 9.87. The summed E-state index contributed by atoms with van der Waals surface area (Å²) in [6.07, 6.45) is 48.5. The van der Waals surface area contributed by atoms with Crippen molar-refractivity contribution in [3.63, 3.8) is 0 Å². The Kier molecular flexibility index (Phi) is 41.5. The molecule has 314 valence electrons. The second kappa shape index (κ2) is 43.4. The highest BCUT2D eigenvalue weighted by molar-refractivity contribution is 5.71. The molecule has 0 N–H and O–H groups in total. The minimum absolute atomic E-state index is 0.0830. The Morgan fingerprint density at radius 1 is 0.370 bits per heavy atom. The Hall–Kier alpha value is -2.37. The van der Waals surface area contributed by atoms with Gasteiger partial charge in [-0.05, 0) is 70.6 Å². The first-order chi connectivity index (χ1) is 26.5. The number of ether oxygens (including phenoxy) is 3. The first-order valence-electron chi connectivity index (χ1n) is 23.0. The van der Waals surface area contributed by atoms with Gasteiger partial charge >= 0.3 is 17.9 Å². The van der Waals surface area contributed by atoms with Gasteiger partial charge < -0.3 is 14.2 Å². The molecular formula is C48H86O6. The Morgan fingerprint density at radius 2 is 0.685 bits per heavy atom. The molecule has 0 amide bonds. The van der Waals surface area contributed by atoms with Crippen molar-refractivity contribution in [2.24, 2.45) is 0 Å². The molecule has 0 spiro atoms. The summed E-state index contributed by atoms with van der Waals surface area (Å²) in [5.74, 6) is -0.927. The summed E-state index contributed by atoms with van der Waals surface area (Å²) in [7, 11) is 0. The lowest BCUT2D eigenvalue weighted by Crippen LogP contribution is -2.30. The lowest BCUT2D eigenvalue weighted by Gasteiger charge is -2.18. The molecule has 6 heteroatoms. The van der Waals surface area contributed by atoms with E-state index in [4.69, 9.17) is 14.2 Å². The molecule has 0 rings (SSSR count). The van der Waals surface area contributed by atoms with Gasteiger partial charge in [0.05, 0.1) is 0 Å². The van der Waals surface area contributed by atoms with Crippen LogP contribution in [0.3, 0.4) is 0 Å². The van der Waals surface area contributed by atoms with Gasteiger partial charge in [-0.25, -0.2) is 0 Å². The van der Waals surface area contributed by atoms with E-state index in [1.165, 1.54) is 122 Å². The number of carbonyl (C=O) groups is 3. The van der Waals surface area contributed by atoms with Crippen molar-refractivity contribution in [3.8, 4) is 0 Å². The largest absolute Gasteiger partial charge is 0.462 e. The molecular weight excluding hydrogens is 673 g/mol. The predicted octanol–water partition coefficient (Wildman–Crippen LogP) is 14.6. The van der Waals surface area contributed by atoms with Crippen LogP contribution < -0.4 is 0 Å². The molecule has 0 aromatic heterocycles. The Morgan fingerprint density at radius 3 is 1.17 bits per heavy atom. The van der Waals surface area contributed by atoms with Crippen molar-refractivity contribution in [3.05, 3.63) is 36.5 Å². The van der Waals surface area contributed by atoms with Gasteiger partial charge in [0.25, 0.3) is 0 Å². The number of esters is 3. The topological polar surface area (TPSA) is 78.9 Å². The third kappa shape index (κ3) is 40.8. The van der Waals surface area contributed by atoms with Gasteiger partial charge in [0.1, 0.15) is 13.2 Å². The van der Waals surface area contributed by atoms with Crippen LogP contribution in [0.2, 0.25) is 0 Å². The SMILES string of the molecule is CCCCC/C=C\C/C=C\CCCCCCCCCC(=O)OCC(COC(=O)CCC/C=C\CCCCCC)OC(=O)CCCCCCCCCCCC. The van der Waals surface area contributed by atoms with Crippen molar-refractivity contribution < 1.29 is 28.6 Å². The maximum Gasteiger partial charge on any atom is 0.306 e. The fraction of sp³-hybridized carbons (Fsp3) is 0.812. The number of unbranched alkanes of at least 4 members (excludes halogenated alkanes) is 24. The van der Waals surface area contributed by atoms with Crippen molar-refractivity contribution >= 4 is 17.9 Å². The summed E-state index contributed by atoms with van der Waals surface area (Å²) in [5.41, 5.74) is 0. The normalized spacial score (nSPS) is 12.3. The molecule has 0 bridgehead atoms. The molecule has 0 radical (unpaired) electrons. The van der Waals surface area contributed by atoms with Crippen LogP contribution in [0, 0.1) is 0 Å². The summed E-state index contributed by atoms with van der Waals surface area (Å²) < 4.78 is 16.6. The minimum Gasteiger partial charge on any atom is -0.462 e. The highest BCUT2D eigenvalue weighted by atomic mass is 16.6. The van der Waals surface area contributed by atoms with E-state index in [0.29, 0.717) is 19.3 Å². The van der Waals surface area contributed by atoms with E-state index >= 15 is 0 Å². The molecule has 0 aliphatic rings. The van der Waals surface area contributed by atoms with E-state index in [1.54, 1.807) is 0 Å². The lowest BCUT2D eigenvalue weighted by atomic mass is 10.1. The molecule has 0 aliphatic heterocycles. The van der Waals surface area contributed by atoms with E-state index in [0.717, 1.165) is 70.6 Å². The summed E-state index contributed by atoms with van der Waals surface area (Å²) in [6.45, 7) is 6.53. The molecule has 0 heterocycles. The Bertz CT molecular complexity index is 922. The van der Waals surface area contributed by atoms with E-state index in [9.17, 15) is 14.4 Å². The molecule has 0 aliphatic carbocycles. The monoisotopic (exact) mass is 759 g/mol. The van der Waals surface area contributed by atoms with Crippen LogP contribution >= 0.6 is 0 Å². The van der Waals surface area contributed by atoms with Crippen LogP contribution in [0.15, 0.2) is 36.5 Å². The summed E-state index contributed by atoms with van der Waals surface area (Å²) in [6, 6.07) is 0. The van der Waals surface area contributed by atoms with Crippen molar-refractivity contribution in [1.29, 1.82) is 0 Å². The first-order valence-corrected chi connectivity index (χ1v) is 23.0. The number of hydrogen-bond donors (Lipinski definition) is 0. The summed E-state index contributed by atoms with van der Waals surface area (Å²) >= 11 is 0. The second-order valence-electron chi connectivity index (χ2n) is 15.3. The maximum absolute atomic E-state index is 12.7. The second-order valence-corrected chi connectivity index (χ2v) is 15.3. The van der Waals surface area contributed by atoms with Gasteiger partial charge in [0, 0.05) is 19.3 Å². The van der Waals surface area contributed by atoms with Crippen molar-refractivity contribution in [2.75, 3.05) is 13.2 Å². The molecule has 0 saturated carbocycles. The zero-order chi connectivity index (χ0) is 39.4.